The highest BCUT2D eigenvalue weighted by molar-refractivity contribution is 5.16. The summed E-state index contributed by atoms with van der Waals surface area (Å²) in [6, 6.07) is 6.96. The normalized spacial score (nSPS) is 22.2. The number of benzene rings is 1. The second-order valence-electron chi connectivity index (χ2n) is 4.06. The van der Waals surface area contributed by atoms with Gasteiger partial charge in [-0.25, -0.2) is 4.39 Å². The minimum absolute atomic E-state index is 0.185. The molecule has 0 spiro atoms. The van der Waals surface area contributed by atoms with Crippen molar-refractivity contribution in [1.29, 1.82) is 0 Å². The highest BCUT2D eigenvalue weighted by Crippen LogP contribution is 2.12. The molecule has 4 heteroatoms. The zero-order valence-electron chi connectivity index (χ0n) is 9.23. The molecule has 16 heavy (non-hydrogen) atoms. The Morgan fingerprint density at radius 3 is 3.12 bits per heavy atom. The lowest BCUT2D eigenvalue weighted by molar-refractivity contribution is -0.00795. The number of hydrogen-bond acceptors (Lipinski definition) is 3. The van der Waals surface area contributed by atoms with Gasteiger partial charge in [-0.05, 0) is 17.7 Å². The summed E-state index contributed by atoms with van der Waals surface area (Å²) in [4.78, 5) is 2.25. The van der Waals surface area contributed by atoms with E-state index < -0.39 is 0 Å². The largest absolute Gasteiger partial charge is 0.378 e. The third kappa shape index (κ3) is 2.78. The number of morpholine rings is 1. The Hall–Kier alpha value is -0.970. The molecule has 2 N–H and O–H groups in total. The number of ether oxygens (including phenoxy) is 1. The van der Waals surface area contributed by atoms with E-state index in [-0.39, 0.29) is 11.9 Å². The molecule has 3 nitrogen and oxygen atoms in total. The van der Waals surface area contributed by atoms with E-state index >= 15 is 0 Å². The lowest BCUT2D eigenvalue weighted by atomic mass is 10.1. The predicted molar refractivity (Wildman–Crippen MR) is 60.5 cm³/mol. The molecule has 0 bridgehead atoms. The van der Waals surface area contributed by atoms with Gasteiger partial charge in [0.1, 0.15) is 5.82 Å². The molecular weight excluding hydrogens is 207 g/mol. The summed E-state index contributed by atoms with van der Waals surface area (Å²) in [5, 5.41) is 0. The van der Waals surface area contributed by atoms with Crippen molar-refractivity contribution >= 4 is 0 Å². The van der Waals surface area contributed by atoms with E-state index in [1.54, 1.807) is 12.1 Å². The van der Waals surface area contributed by atoms with Gasteiger partial charge in [0.15, 0.2) is 0 Å². The first kappa shape index (κ1) is 11.5. The molecule has 1 fully saturated rings. The van der Waals surface area contributed by atoms with E-state index in [0.717, 1.165) is 25.3 Å². The molecule has 1 aliphatic heterocycles. The maximum atomic E-state index is 13.0. The van der Waals surface area contributed by atoms with Gasteiger partial charge in [-0.15, -0.1) is 0 Å². The Morgan fingerprint density at radius 1 is 1.50 bits per heavy atom. The van der Waals surface area contributed by atoms with Crippen molar-refractivity contribution in [3.63, 3.8) is 0 Å². The van der Waals surface area contributed by atoms with E-state index in [4.69, 9.17) is 10.5 Å². The lowest BCUT2D eigenvalue weighted by Crippen LogP contribution is -2.48. The molecule has 0 saturated carbocycles. The molecular formula is C12H17FN2O. The molecule has 0 radical (unpaired) electrons. The summed E-state index contributed by atoms with van der Waals surface area (Å²) in [6.07, 6.45) is 0. The van der Waals surface area contributed by atoms with Crippen molar-refractivity contribution in [2.75, 3.05) is 26.3 Å². The Kier molecular flexibility index (Phi) is 3.88. The fourth-order valence-electron chi connectivity index (χ4n) is 1.98. The van der Waals surface area contributed by atoms with Crippen molar-refractivity contribution in [3.05, 3.63) is 35.6 Å². The first-order valence-corrected chi connectivity index (χ1v) is 5.56. The van der Waals surface area contributed by atoms with Gasteiger partial charge < -0.3 is 10.5 Å². The van der Waals surface area contributed by atoms with Crippen LogP contribution in [0.3, 0.4) is 0 Å². The summed E-state index contributed by atoms with van der Waals surface area (Å²) in [6.45, 7) is 3.58. The molecule has 1 heterocycles. The van der Waals surface area contributed by atoms with Gasteiger partial charge >= 0.3 is 0 Å². The minimum Gasteiger partial charge on any atom is -0.378 e. The molecule has 1 aromatic rings. The van der Waals surface area contributed by atoms with Gasteiger partial charge in [-0.3, -0.25) is 4.90 Å². The van der Waals surface area contributed by atoms with Crippen LogP contribution in [0.2, 0.25) is 0 Å². The SMILES string of the molecule is NCC1COCCN1Cc1cccc(F)c1. The molecule has 0 aromatic heterocycles. The molecule has 0 amide bonds. The van der Waals surface area contributed by atoms with Crippen LogP contribution >= 0.6 is 0 Å². The summed E-state index contributed by atoms with van der Waals surface area (Å²) < 4.78 is 18.4. The van der Waals surface area contributed by atoms with Crippen molar-refractivity contribution in [2.24, 2.45) is 5.73 Å². The van der Waals surface area contributed by atoms with E-state index in [0.29, 0.717) is 13.2 Å². The Balaban J connectivity index is 2.02. The quantitative estimate of drug-likeness (QED) is 0.832. The molecule has 1 aromatic carbocycles. The number of nitrogens with zero attached hydrogens (tertiary/aromatic N) is 1. The fourth-order valence-corrected chi connectivity index (χ4v) is 1.98. The summed E-state index contributed by atoms with van der Waals surface area (Å²) in [7, 11) is 0. The second kappa shape index (κ2) is 5.39. The number of rotatable bonds is 3. The zero-order chi connectivity index (χ0) is 11.4. The van der Waals surface area contributed by atoms with Gasteiger partial charge in [0.2, 0.25) is 0 Å². The van der Waals surface area contributed by atoms with Gasteiger partial charge in [-0.1, -0.05) is 12.1 Å². The summed E-state index contributed by atoms with van der Waals surface area (Å²) in [5.41, 5.74) is 6.67. The van der Waals surface area contributed by atoms with Crippen molar-refractivity contribution in [2.45, 2.75) is 12.6 Å². The first-order chi connectivity index (χ1) is 7.79. The van der Waals surface area contributed by atoms with Gasteiger partial charge in [0, 0.05) is 25.7 Å². The van der Waals surface area contributed by atoms with E-state index in [9.17, 15) is 4.39 Å². The van der Waals surface area contributed by atoms with Crippen molar-refractivity contribution in [1.82, 2.24) is 4.90 Å². The third-order valence-electron chi connectivity index (χ3n) is 2.90. The van der Waals surface area contributed by atoms with Crippen LogP contribution in [0.4, 0.5) is 4.39 Å². The maximum absolute atomic E-state index is 13.0. The van der Waals surface area contributed by atoms with E-state index in [2.05, 4.69) is 4.90 Å². The van der Waals surface area contributed by atoms with Gasteiger partial charge in [-0.2, -0.15) is 0 Å². The van der Waals surface area contributed by atoms with Crippen LogP contribution in [-0.2, 0) is 11.3 Å². The van der Waals surface area contributed by atoms with Crippen molar-refractivity contribution < 1.29 is 9.13 Å². The number of halogens is 1. The third-order valence-corrected chi connectivity index (χ3v) is 2.90. The van der Waals surface area contributed by atoms with Gasteiger partial charge in [0.25, 0.3) is 0 Å². The van der Waals surface area contributed by atoms with Crippen LogP contribution in [0.5, 0.6) is 0 Å². The molecule has 1 saturated heterocycles. The molecule has 2 rings (SSSR count). The van der Waals surface area contributed by atoms with Crippen LogP contribution in [0.25, 0.3) is 0 Å². The second-order valence-corrected chi connectivity index (χ2v) is 4.06. The van der Waals surface area contributed by atoms with Crippen LogP contribution in [-0.4, -0.2) is 37.2 Å². The zero-order valence-corrected chi connectivity index (χ0v) is 9.23. The standard InChI is InChI=1S/C12H17FN2O/c13-11-3-1-2-10(6-11)8-15-4-5-16-9-12(15)7-14/h1-3,6,12H,4-5,7-9,14H2. The summed E-state index contributed by atoms with van der Waals surface area (Å²) >= 11 is 0. The Labute approximate surface area is 95.0 Å². The summed E-state index contributed by atoms with van der Waals surface area (Å²) in [5.74, 6) is -0.185. The van der Waals surface area contributed by atoms with Crippen LogP contribution in [0.1, 0.15) is 5.56 Å². The van der Waals surface area contributed by atoms with Crippen molar-refractivity contribution in [3.8, 4) is 0 Å². The van der Waals surface area contributed by atoms with Crippen LogP contribution in [0, 0.1) is 5.82 Å². The number of nitrogens with two attached hydrogens (primary N) is 1. The molecule has 88 valence electrons. The van der Waals surface area contributed by atoms with Gasteiger partial charge in [0.05, 0.1) is 13.2 Å². The minimum atomic E-state index is -0.185. The maximum Gasteiger partial charge on any atom is 0.123 e. The molecule has 1 aliphatic rings. The molecule has 1 unspecified atom stereocenters. The van der Waals surface area contributed by atoms with E-state index in [1.807, 2.05) is 6.07 Å². The highest BCUT2D eigenvalue weighted by Gasteiger charge is 2.21. The van der Waals surface area contributed by atoms with E-state index in [1.165, 1.54) is 6.07 Å². The first-order valence-electron chi connectivity index (χ1n) is 5.56. The molecule has 0 aliphatic carbocycles. The van der Waals surface area contributed by atoms with Crippen LogP contribution in [0.15, 0.2) is 24.3 Å². The smallest absolute Gasteiger partial charge is 0.123 e. The average Bonchev–Trinajstić information content (AvgIpc) is 2.30. The Morgan fingerprint density at radius 2 is 2.38 bits per heavy atom. The lowest BCUT2D eigenvalue weighted by Gasteiger charge is -2.34. The number of hydrogen-bond donors (Lipinski definition) is 1. The molecule has 1 atom stereocenters. The highest BCUT2D eigenvalue weighted by atomic mass is 19.1. The topological polar surface area (TPSA) is 38.5 Å². The fraction of sp³-hybridized carbons (Fsp3) is 0.500. The average molecular weight is 224 g/mol. The van der Waals surface area contributed by atoms with Crippen LogP contribution < -0.4 is 5.73 Å². The monoisotopic (exact) mass is 224 g/mol. The predicted octanol–water partition coefficient (Wildman–Crippen LogP) is 0.985. The Bertz CT molecular complexity index is 346.